The molecule has 0 aliphatic rings. The van der Waals surface area contributed by atoms with Crippen molar-refractivity contribution in [2.75, 3.05) is 13.2 Å². The van der Waals surface area contributed by atoms with E-state index < -0.39 is 29.6 Å². The second-order valence-corrected chi connectivity index (χ2v) is 6.41. The summed E-state index contributed by atoms with van der Waals surface area (Å²) in [5.41, 5.74) is 1.75. The van der Waals surface area contributed by atoms with Gasteiger partial charge < -0.3 is 20.1 Å². The van der Waals surface area contributed by atoms with E-state index in [0.29, 0.717) is 22.2 Å². The fourth-order valence-electron chi connectivity index (χ4n) is 2.93. The standard InChI is InChI=1S/C20H19F3N2O3/c1-11(10-26)24-20(27)28-7-6-15-16-8-14(22)9-17(23)19(16)25-18(15)12-2-4-13(21)5-3-12/h2-5,8-9,11,25-26H,6-7,10H2,1H3,(H,24,27). The van der Waals surface area contributed by atoms with Crippen molar-refractivity contribution < 1.29 is 27.8 Å². The van der Waals surface area contributed by atoms with Gasteiger partial charge in [0, 0.05) is 23.6 Å². The first-order valence-electron chi connectivity index (χ1n) is 8.68. The lowest BCUT2D eigenvalue weighted by atomic mass is 10.0. The fourth-order valence-corrected chi connectivity index (χ4v) is 2.93. The van der Waals surface area contributed by atoms with Crippen LogP contribution in [0.15, 0.2) is 36.4 Å². The van der Waals surface area contributed by atoms with Gasteiger partial charge >= 0.3 is 6.09 Å². The summed E-state index contributed by atoms with van der Waals surface area (Å²) in [6, 6.07) is 7.09. The third kappa shape index (κ3) is 4.28. The van der Waals surface area contributed by atoms with Crippen LogP contribution < -0.4 is 5.32 Å². The van der Waals surface area contributed by atoms with E-state index in [1.165, 1.54) is 30.3 Å². The molecule has 148 valence electrons. The molecule has 1 amide bonds. The maximum atomic E-state index is 14.2. The van der Waals surface area contributed by atoms with Gasteiger partial charge in [0.05, 0.1) is 24.8 Å². The molecule has 1 atom stereocenters. The van der Waals surface area contributed by atoms with E-state index in [2.05, 4.69) is 10.3 Å². The van der Waals surface area contributed by atoms with Gasteiger partial charge in [-0.15, -0.1) is 0 Å². The van der Waals surface area contributed by atoms with E-state index in [1.807, 2.05) is 0 Å². The molecular formula is C20H19F3N2O3. The van der Waals surface area contributed by atoms with Gasteiger partial charge in [-0.2, -0.15) is 0 Å². The molecule has 5 nitrogen and oxygen atoms in total. The summed E-state index contributed by atoms with van der Waals surface area (Å²) < 4.78 is 46.3. The number of aromatic amines is 1. The van der Waals surface area contributed by atoms with Gasteiger partial charge in [-0.05, 0) is 48.4 Å². The molecule has 0 fully saturated rings. The minimum atomic E-state index is -0.750. The number of aromatic nitrogens is 1. The molecule has 0 aliphatic carbocycles. The quantitative estimate of drug-likeness (QED) is 0.596. The van der Waals surface area contributed by atoms with Crippen LogP contribution in [-0.2, 0) is 11.2 Å². The molecular weight excluding hydrogens is 373 g/mol. The molecule has 1 unspecified atom stereocenters. The predicted octanol–water partition coefficient (Wildman–Crippen LogP) is 3.90. The number of aliphatic hydroxyl groups excluding tert-OH is 1. The van der Waals surface area contributed by atoms with Crippen LogP contribution in [0.25, 0.3) is 22.2 Å². The lowest BCUT2D eigenvalue weighted by Crippen LogP contribution is -2.35. The van der Waals surface area contributed by atoms with Crippen molar-refractivity contribution in [1.29, 1.82) is 0 Å². The zero-order valence-corrected chi connectivity index (χ0v) is 15.1. The molecule has 2 aromatic carbocycles. The van der Waals surface area contributed by atoms with Crippen LogP contribution in [0.2, 0.25) is 0 Å². The number of carbonyl (C=O) groups excluding carboxylic acids is 1. The average molecular weight is 392 g/mol. The summed E-state index contributed by atoms with van der Waals surface area (Å²) in [6.45, 7) is 1.33. The van der Waals surface area contributed by atoms with Gasteiger partial charge in [0.25, 0.3) is 0 Å². The molecule has 0 saturated heterocycles. The molecule has 0 spiro atoms. The number of H-pyrrole nitrogens is 1. The van der Waals surface area contributed by atoms with Gasteiger partial charge in [0.2, 0.25) is 0 Å². The first-order valence-corrected chi connectivity index (χ1v) is 8.68. The Bertz CT molecular complexity index is 987. The predicted molar refractivity (Wildman–Crippen MR) is 98.3 cm³/mol. The van der Waals surface area contributed by atoms with Crippen LogP contribution in [-0.4, -0.2) is 35.4 Å². The number of carbonyl (C=O) groups is 1. The van der Waals surface area contributed by atoms with Gasteiger partial charge in [-0.1, -0.05) is 0 Å². The molecule has 3 aromatic rings. The highest BCUT2D eigenvalue weighted by Crippen LogP contribution is 2.32. The number of ether oxygens (including phenoxy) is 1. The second kappa shape index (κ2) is 8.35. The number of halogens is 3. The maximum absolute atomic E-state index is 14.2. The maximum Gasteiger partial charge on any atom is 0.407 e. The SMILES string of the molecule is CC(CO)NC(=O)OCCc1c(-c2ccc(F)cc2)[nH]c2c(F)cc(F)cc12. The van der Waals surface area contributed by atoms with E-state index >= 15 is 0 Å². The highest BCUT2D eigenvalue weighted by molar-refractivity contribution is 5.91. The first-order chi connectivity index (χ1) is 13.4. The number of amides is 1. The molecule has 3 N–H and O–H groups in total. The highest BCUT2D eigenvalue weighted by Gasteiger charge is 2.18. The Labute approximate surface area is 159 Å². The van der Waals surface area contributed by atoms with Crippen molar-refractivity contribution in [1.82, 2.24) is 10.3 Å². The lowest BCUT2D eigenvalue weighted by molar-refractivity contribution is 0.138. The summed E-state index contributed by atoms with van der Waals surface area (Å²) >= 11 is 0. The number of nitrogens with one attached hydrogen (secondary N) is 2. The number of aliphatic hydroxyl groups is 1. The Hall–Kier alpha value is -3.00. The molecule has 1 heterocycles. The first kappa shape index (κ1) is 19.8. The molecule has 3 rings (SSSR count). The summed E-state index contributed by atoms with van der Waals surface area (Å²) in [4.78, 5) is 14.6. The molecule has 8 heteroatoms. The smallest absolute Gasteiger partial charge is 0.407 e. The molecule has 0 radical (unpaired) electrons. The van der Waals surface area contributed by atoms with Gasteiger partial charge in [-0.3, -0.25) is 0 Å². The van der Waals surface area contributed by atoms with E-state index in [0.717, 1.165) is 6.07 Å². The number of hydrogen-bond acceptors (Lipinski definition) is 3. The van der Waals surface area contributed by atoms with Crippen molar-refractivity contribution in [2.45, 2.75) is 19.4 Å². The molecule has 1 aromatic heterocycles. The van der Waals surface area contributed by atoms with Crippen LogP contribution in [0.5, 0.6) is 0 Å². The second-order valence-electron chi connectivity index (χ2n) is 6.41. The van der Waals surface area contributed by atoms with Crippen LogP contribution >= 0.6 is 0 Å². The van der Waals surface area contributed by atoms with Crippen molar-refractivity contribution in [3.63, 3.8) is 0 Å². The third-order valence-corrected chi connectivity index (χ3v) is 4.29. The van der Waals surface area contributed by atoms with E-state index in [9.17, 15) is 18.0 Å². The van der Waals surface area contributed by atoms with Crippen molar-refractivity contribution in [3.8, 4) is 11.3 Å². The van der Waals surface area contributed by atoms with E-state index in [1.54, 1.807) is 6.92 Å². The summed E-state index contributed by atoms with van der Waals surface area (Å²) in [6.07, 6.45) is -0.529. The van der Waals surface area contributed by atoms with Crippen molar-refractivity contribution >= 4 is 17.0 Å². The number of benzene rings is 2. The van der Waals surface area contributed by atoms with Crippen molar-refractivity contribution in [3.05, 3.63) is 59.4 Å². The molecule has 0 saturated carbocycles. The van der Waals surface area contributed by atoms with Crippen LogP contribution in [0, 0.1) is 17.5 Å². The summed E-state index contributed by atoms with van der Waals surface area (Å²) in [7, 11) is 0. The van der Waals surface area contributed by atoms with Gasteiger partial charge in [0.15, 0.2) is 0 Å². The molecule has 0 aliphatic heterocycles. The monoisotopic (exact) mass is 392 g/mol. The normalized spacial score (nSPS) is 12.2. The fraction of sp³-hybridized carbons (Fsp3) is 0.250. The number of hydrogen-bond donors (Lipinski definition) is 3. The Kier molecular flexibility index (Phi) is 5.89. The van der Waals surface area contributed by atoms with Crippen LogP contribution in [0.1, 0.15) is 12.5 Å². The Balaban J connectivity index is 1.91. The Morgan fingerprint density at radius 2 is 1.89 bits per heavy atom. The Morgan fingerprint density at radius 3 is 2.57 bits per heavy atom. The molecule has 0 bridgehead atoms. The van der Waals surface area contributed by atoms with Gasteiger partial charge in [0.1, 0.15) is 17.5 Å². The van der Waals surface area contributed by atoms with Crippen LogP contribution in [0.4, 0.5) is 18.0 Å². The van der Waals surface area contributed by atoms with Crippen LogP contribution in [0.3, 0.4) is 0 Å². The zero-order chi connectivity index (χ0) is 20.3. The zero-order valence-electron chi connectivity index (χ0n) is 15.1. The highest BCUT2D eigenvalue weighted by atomic mass is 19.1. The molecule has 28 heavy (non-hydrogen) atoms. The average Bonchev–Trinajstić information content (AvgIpc) is 3.01. The third-order valence-electron chi connectivity index (χ3n) is 4.29. The Morgan fingerprint density at radius 1 is 1.18 bits per heavy atom. The van der Waals surface area contributed by atoms with E-state index in [4.69, 9.17) is 9.84 Å². The number of fused-ring (bicyclic) bond motifs is 1. The number of rotatable bonds is 6. The summed E-state index contributed by atoms with van der Waals surface area (Å²) in [5.74, 6) is -1.90. The van der Waals surface area contributed by atoms with Crippen molar-refractivity contribution in [2.24, 2.45) is 0 Å². The lowest BCUT2D eigenvalue weighted by Gasteiger charge is -2.11. The van der Waals surface area contributed by atoms with Gasteiger partial charge in [-0.25, -0.2) is 18.0 Å². The minimum Gasteiger partial charge on any atom is -0.449 e. The van der Waals surface area contributed by atoms with E-state index in [-0.39, 0.29) is 25.2 Å². The summed E-state index contributed by atoms with van der Waals surface area (Å²) in [5, 5.41) is 11.7. The number of alkyl carbamates (subject to hydrolysis) is 1. The topological polar surface area (TPSA) is 74.3 Å². The largest absolute Gasteiger partial charge is 0.449 e. The minimum absolute atomic E-state index is 0.0523.